The van der Waals surface area contributed by atoms with Crippen molar-refractivity contribution in [2.45, 2.75) is 39.7 Å². The van der Waals surface area contributed by atoms with Crippen molar-refractivity contribution in [2.75, 3.05) is 10.6 Å². The minimum absolute atomic E-state index is 0.189. The highest BCUT2D eigenvalue weighted by atomic mass is 16.2. The maximum atomic E-state index is 12.5. The fraction of sp³-hybridized carbons (Fsp3) is 0.353. The Balaban J connectivity index is 2.18. The first-order chi connectivity index (χ1) is 11.2. The zero-order chi connectivity index (χ0) is 17.9. The molecule has 0 unspecified atom stereocenters. The highest BCUT2D eigenvalue weighted by molar-refractivity contribution is 6.05. The molecule has 3 amide bonds. The minimum Gasteiger partial charge on any atom is -0.351 e. The van der Waals surface area contributed by atoms with Gasteiger partial charge in [0.25, 0.3) is 5.91 Å². The summed E-state index contributed by atoms with van der Waals surface area (Å²) in [5.74, 6) is -0.210. The summed E-state index contributed by atoms with van der Waals surface area (Å²) in [6, 6.07) is 6.10. The number of hydrogen-bond donors (Lipinski definition) is 3. The van der Waals surface area contributed by atoms with E-state index in [-0.39, 0.29) is 11.4 Å². The largest absolute Gasteiger partial charge is 0.351 e. The SMILES string of the molecule is CCc1c(C(=O)Nc2ccc(NC(N)=O)cc2)cnn1C(C)(C)C. The summed E-state index contributed by atoms with van der Waals surface area (Å²) in [5.41, 5.74) is 7.52. The van der Waals surface area contributed by atoms with Crippen LogP contribution in [-0.4, -0.2) is 21.7 Å². The first kappa shape index (κ1) is 17.5. The second-order valence-corrected chi connectivity index (χ2v) is 6.46. The number of hydrogen-bond acceptors (Lipinski definition) is 3. The Morgan fingerprint density at radius 2 is 1.67 bits per heavy atom. The summed E-state index contributed by atoms with van der Waals surface area (Å²) in [6.07, 6.45) is 2.31. The molecule has 128 valence electrons. The normalized spacial score (nSPS) is 11.2. The van der Waals surface area contributed by atoms with E-state index in [2.05, 4.69) is 15.7 Å². The number of carbonyl (C=O) groups is 2. The number of aromatic nitrogens is 2. The maximum Gasteiger partial charge on any atom is 0.316 e. The fourth-order valence-electron chi connectivity index (χ4n) is 2.46. The van der Waals surface area contributed by atoms with Crippen LogP contribution in [0.25, 0.3) is 0 Å². The van der Waals surface area contributed by atoms with Crippen LogP contribution in [0.1, 0.15) is 43.7 Å². The molecule has 24 heavy (non-hydrogen) atoms. The Bertz CT molecular complexity index is 741. The summed E-state index contributed by atoms with van der Waals surface area (Å²) < 4.78 is 1.88. The summed E-state index contributed by atoms with van der Waals surface area (Å²) in [5, 5.41) is 9.67. The Labute approximate surface area is 141 Å². The minimum atomic E-state index is -0.631. The van der Waals surface area contributed by atoms with E-state index in [1.807, 2.05) is 32.4 Å². The number of nitrogens with two attached hydrogens (primary N) is 1. The number of carbonyl (C=O) groups excluding carboxylic acids is 2. The van der Waals surface area contributed by atoms with Gasteiger partial charge >= 0.3 is 6.03 Å². The standard InChI is InChI=1S/C17H23N5O2/c1-5-14-13(10-19-22(14)17(2,3)4)15(23)20-11-6-8-12(9-7-11)21-16(18)24/h6-10H,5H2,1-4H3,(H,20,23)(H3,18,21,24). The molecule has 0 saturated carbocycles. The smallest absolute Gasteiger partial charge is 0.316 e. The molecule has 0 radical (unpaired) electrons. The van der Waals surface area contributed by atoms with E-state index in [1.54, 1.807) is 30.5 Å². The van der Waals surface area contributed by atoms with Crippen LogP contribution >= 0.6 is 0 Å². The molecule has 0 spiro atoms. The molecule has 2 rings (SSSR count). The summed E-state index contributed by atoms with van der Waals surface area (Å²) in [7, 11) is 0. The Hall–Kier alpha value is -2.83. The van der Waals surface area contributed by atoms with E-state index < -0.39 is 6.03 Å². The van der Waals surface area contributed by atoms with Crippen molar-refractivity contribution in [3.05, 3.63) is 41.7 Å². The van der Waals surface area contributed by atoms with E-state index in [9.17, 15) is 9.59 Å². The van der Waals surface area contributed by atoms with Gasteiger partial charge in [-0.3, -0.25) is 9.48 Å². The summed E-state index contributed by atoms with van der Waals surface area (Å²) >= 11 is 0. The molecule has 0 atom stereocenters. The molecule has 1 heterocycles. The van der Waals surface area contributed by atoms with Crippen molar-refractivity contribution >= 4 is 23.3 Å². The van der Waals surface area contributed by atoms with Crippen LogP contribution in [0.3, 0.4) is 0 Å². The predicted octanol–water partition coefficient (Wildman–Crippen LogP) is 2.94. The van der Waals surface area contributed by atoms with Crippen molar-refractivity contribution in [3.63, 3.8) is 0 Å². The lowest BCUT2D eigenvalue weighted by Crippen LogP contribution is -2.26. The molecule has 7 nitrogen and oxygen atoms in total. The molecule has 0 aliphatic carbocycles. The predicted molar refractivity (Wildman–Crippen MR) is 94.2 cm³/mol. The highest BCUT2D eigenvalue weighted by Gasteiger charge is 2.23. The zero-order valence-electron chi connectivity index (χ0n) is 14.4. The Kier molecular flexibility index (Phi) is 4.92. The second-order valence-electron chi connectivity index (χ2n) is 6.46. The number of anilines is 2. The Morgan fingerprint density at radius 1 is 1.12 bits per heavy atom. The number of amides is 3. The van der Waals surface area contributed by atoms with Crippen molar-refractivity contribution in [2.24, 2.45) is 5.73 Å². The van der Waals surface area contributed by atoms with E-state index in [0.717, 1.165) is 5.69 Å². The quantitative estimate of drug-likeness (QED) is 0.803. The van der Waals surface area contributed by atoms with Gasteiger partial charge in [-0.05, 0) is 51.5 Å². The number of benzene rings is 1. The van der Waals surface area contributed by atoms with Gasteiger partial charge in [0.2, 0.25) is 0 Å². The van der Waals surface area contributed by atoms with Gasteiger partial charge in [-0.1, -0.05) is 6.92 Å². The fourth-order valence-corrected chi connectivity index (χ4v) is 2.46. The van der Waals surface area contributed by atoms with Crippen molar-refractivity contribution in [1.82, 2.24) is 9.78 Å². The monoisotopic (exact) mass is 329 g/mol. The van der Waals surface area contributed by atoms with Crippen LogP contribution < -0.4 is 16.4 Å². The van der Waals surface area contributed by atoms with E-state index >= 15 is 0 Å². The van der Waals surface area contributed by atoms with Crippen LogP contribution in [0.5, 0.6) is 0 Å². The van der Waals surface area contributed by atoms with E-state index in [1.165, 1.54) is 0 Å². The van der Waals surface area contributed by atoms with Crippen LogP contribution in [0.2, 0.25) is 0 Å². The molecule has 0 fully saturated rings. The molecule has 0 bridgehead atoms. The highest BCUT2D eigenvalue weighted by Crippen LogP contribution is 2.21. The van der Waals surface area contributed by atoms with E-state index in [0.29, 0.717) is 23.4 Å². The van der Waals surface area contributed by atoms with Crippen LogP contribution in [0.4, 0.5) is 16.2 Å². The second kappa shape index (κ2) is 6.74. The lowest BCUT2D eigenvalue weighted by Gasteiger charge is -2.22. The average molecular weight is 329 g/mol. The number of primary amides is 1. The molecule has 1 aromatic heterocycles. The van der Waals surface area contributed by atoms with Gasteiger partial charge in [0, 0.05) is 11.4 Å². The van der Waals surface area contributed by atoms with E-state index in [4.69, 9.17) is 5.73 Å². The van der Waals surface area contributed by atoms with Crippen LogP contribution in [0, 0.1) is 0 Å². The Morgan fingerprint density at radius 3 is 2.12 bits per heavy atom. The molecular weight excluding hydrogens is 306 g/mol. The third-order valence-electron chi connectivity index (χ3n) is 3.49. The first-order valence-electron chi connectivity index (χ1n) is 7.77. The van der Waals surface area contributed by atoms with Crippen LogP contribution in [0.15, 0.2) is 30.5 Å². The molecular formula is C17H23N5O2. The van der Waals surface area contributed by atoms with Gasteiger partial charge in [0.05, 0.1) is 23.0 Å². The number of nitrogens with zero attached hydrogens (tertiary/aromatic N) is 2. The molecule has 4 N–H and O–H groups in total. The third kappa shape index (κ3) is 3.92. The molecule has 0 aliphatic rings. The van der Waals surface area contributed by atoms with Crippen molar-refractivity contribution in [3.8, 4) is 0 Å². The maximum absolute atomic E-state index is 12.5. The lowest BCUT2D eigenvalue weighted by atomic mass is 10.1. The van der Waals surface area contributed by atoms with Gasteiger partial charge in [-0.15, -0.1) is 0 Å². The van der Waals surface area contributed by atoms with Gasteiger partial charge in [0.15, 0.2) is 0 Å². The van der Waals surface area contributed by atoms with Crippen molar-refractivity contribution in [1.29, 1.82) is 0 Å². The third-order valence-corrected chi connectivity index (χ3v) is 3.49. The van der Waals surface area contributed by atoms with Crippen molar-refractivity contribution < 1.29 is 9.59 Å². The van der Waals surface area contributed by atoms with Gasteiger partial charge < -0.3 is 16.4 Å². The van der Waals surface area contributed by atoms with Gasteiger partial charge in [-0.25, -0.2) is 4.79 Å². The van der Waals surface area contributed by atoms with Gasteiger partial charge in [-0.2, -0.15) is 5.10 Å². The van der Waals surface area contributed by atoms with Gasteiger partial charge in [0.1, 0.15) is 0 Å². The topological polar surface area (TPSA) is 102 Å². The number of rotatable bonds is 4. The molecule has 0 aliphatic heterocycles. The number of nitrogens with one attached hydrogen (secondary N) is 2. The van der Waals surface area contributed by atoms with Crippen LogP contribution in [-0.2, 0) is 12.0 Å². The lowest BCUT2D eigenvalue weighted by molar-refractivity contribution is 0.102. The average Bonchev–Trinajstić information content (AvgIpc) is 2.92. The molecule has 1 aromatic carbocycles. The molecule has 2 aromatic rings. The molecule has 7 heteroatoms. The molecule has 0 saturated heterocycles. The summed E-state index contributed by atoms with van der Waals surface area (Å²) in [6.45, 7) is 8.14. The first-order valence-corrected chi connectivity index (χ1v) is 7.77. The zero-order valence-corrected chi connectivity index (χ0v) is 14.4. The number of urea groups is 1. The summed E-state index contributed by atoms with van der Waals surface area (Å²) in [4.78, 5) is 23.3.